The Morgan fingerprint density at radius 3 is 2.78 bits per heavy atom. The van der Waals surface area contributed by atoms with E-state index in [2.05, 4.69) is 5.32 Å². The predicted octanol–water partition coefficient (Wildman–Crippen LogP) is 2.44. The highest BCUT2D eigenvalue weighted by molar-refractivity contribution is 5.89. The highest BCUT2D eigenvalue weighted by atomic mass is 19.1. The zero-order chi connectivity index (χ0) is 16.6. The molecule has 2 aliphatic rings. The van der Waals surface area contributed by atoms with Gasteiger partial charge in [-0.1, -0.05) is 26.0 Å². The summed E-state index contributed by atoms with van der Waals surface area (Å²) in [7, 11) is 0. The molecule has 1 saturated heterocycles. The molecule has 124 valence electrons. The van der Waals surface area contributed by atoms with Gasteiger partial charge < -0.3 is 10.2 Å². The van der Waals surface area contributed by atoms with Crippen LogP contribution in [0.1, 0.15) is 44.6 Å². The number of benzene rings is 1. The molecule has 4 nitrogen and oxygen atoms in total. The lowest BCUT2D eigenvalue weighted by Gasteiger charge is -2.30. The van der Waals surface area contributed by atoms with Gasteiger partial charge in [0.15, 0.2) is 0 Å². The third kappa shape index (κ3) is 3.38. The van der Waals surface area contributed by atoms with Gasteiger partial charge in [-0.25, -0.2) is 4.39 Å². The fraction of sp³-hybridized carbons (Fsp3) is 0.556. The van der Waals surface area contributed by atoms with Crippen LogP contribution in [0.5, 0.6) is 0 Å². The summed E-state index contributed by atoms with van der Waals surface area (Å²) in [5, 5.41) is 3.05. The topological polar surface area (TPSA) is 49.4 Å². The van der Waals surface area contributed by atoms with Crippen molar-refractivity contribution in [2.45, 2.75) is 51.1 Å². The summed E-state index contributed by atoms with van der Waals surface area (Å²) in [5.74, 6) is -0.0159. The van der Waals surface area contributed by atoms with Gasteiger partial charge in [-0.2, -0.15) is 0 Å². The van der Waals surface area contributed by atoms with E-state index in [0.29, 0.717) is 13.0 Å². The largest absolute Gasteiger partial charge is 0.351 e. The second-order valence-electron chi connectivity index (χ2n) is 6.89. The fourth-order valence-electron chi connectivity index (χ4n) is 3.50. The van der Waals surface area contributed by atoms with Gasteiger partial charge in [-0.15, -0.1) is 0 Å². The zero-order valence-corrected chi connectivity index (χ0v) is 13.6. The van der Waals surface area contributed by atoms with Crippen molar-refractivity contribution in [2.75, 3.05) is 6.54 Å². The number of carbonyl (C=O) groups is 2. The minimum Gasteiger partial charge on any atom is -0.351 e. The molecule has 3 rings (SSSR count). The lowest BCUT2D eigenvalue weighted by molar-refractivity contribution is -0.139. The minimum absolute atomic E-state index is 0.0447. The molecule has 1 aromatic rings. The van der Waals surface area contributed by atoms with Crippen LogP contribution in [-0.4, -0.2) is 35.3 Å². The Morgan fingerprint density at radius 1 is 1.39 bits per heavy atom. The first kappa shape index (κ1) is 16.0. The van der Waals surface area contributed by atoms with E-state index in [9.17, 15) is 14.0 Å². The second kappa shape index (κ2) is 6.30. The Morgan fingerprint density at radius 2 is 2.17 bits per heavy atom. The fourth-order valence-corrected chi connectivity index (χ4v) is 3.50. The molecule has 1 aliphatic heterocycles. The third-order valence-electron chi connectivity index (χ3n) is 4.74. The second-order valence-corrected chi connectivity index (χ2v) is 6.89. The number of amides is 2. The number of likely N-dealkylation sites (tertiary alicyclic amines) is 1. The average molecular weight is 318 g/mol. The Kier molecular flexibility index (Phi) is 4.37. The highest BCUT2D eigenvalue weighted by Gasteiger charge is 2.42. The first-order valence-corrected chi connectivity index (χ1v) is 8.32. The summed E-state index contributed by atoms with van der Waals surface area (Å²) in [6, 6.07) is 6.18. The van der Waals surface area contributed by atoms with E-state index in [0.717, 1.165) is 18.4 Å². The van der Waals surface area contributed by atoms with E-state index in [1.807, 2.05) is 19.9 Å². The van der Waals surface area contributed by atoms with Crippen LogP contribution in [0.4, 0.5) is 4.39 Å². The summed E-state index contributed by atoms with van der Waals surface area (Å²) in [6.07, 6.45) is 2.18. The van der Waals surface area contributed by atoms with Gasteiger partial charge in [0.2, 0.25) is 11.8 Å². The predicted molar refractivity (Wildman–Crippen MR) is 85.3 cm³/mol. The van der Waals surface area contributed by atoms with E-state index in [1.165, 1.54) is 12.1 Å². The van der Waals surface area contributed by atoms with Gasteiger partial charge in [0, 0.05) is 24.9 Å². The van der Waals surface area contributed by atoms with Crippen LogP contribution in [0.2, 0.25) is 0 Å². The van der Waals surface area contributed by atoms with Crippen molar-refractivity contribution >= 4 is 11.8 Å². The molecule has 0 spiro atoms. The quantitative estimate of drug-likeness (QED) is 0.906. The van der Waals surface area contributed by atoms with E-state index in [1.54, 1.807) is 11.0 Å². The number of hydrogen-bond acceptors (Lipinski definition) is 2. The molecule has 5 heteroatoms. The molecule has 1 N–H and O–H groups in total. The van der Waals surface area contributed by atoms with Crippen LogP contribution in [0.25, 0.3) is 0 Å². The maximum absolute atomic E-state index is 13.3. The van der Waals surface area contributed by atoms with Crippen molar-refractivity contribution in [1.29, 1.82) is 0 Å². The molecule has 1 heterocycles. The van der Waals surface area contributed by atoms with E-state index >= 15 is 0 Å². The maximum atomic E-state index is 13.3. The third-order valence-corrected chi connectivity index (χ3v) is 4.74. The van der Waals surface area contributed by atoms with Crippen molar-refractivity contribution < 1.29 is 14.0 Å². The lowest BCUT2D eigenvalue weighted by atomic mass is 10.0. The van der Waals surface area contributed by atoms with E-state index in [-0.39, 0.29) is 35.5 Å². The zero-order valence-electron chi connectivity index (χ0n) is 13.6. The average Bonchev–Trinajstić information content (AvgIpc) is 3.13. The molecule has 2 fully saturated rings. The molecule has 1 aliphatic carbocycles. The Bertz CT molecular complexity index is 617. The molecule has 0 unspecified atom stereocenters. The summed E-state index contributed by atoms with van der Waals surface area (Å²) in [5.41, 5.74) is 0.925. The molecule has 0 radical (unpaired) electrons. The first-order chi connectivity index (χ1) is 11.0. The number of nitrogens with one attached hydrogen (secondary N) is 1. The molecule has 0 bridgehead atoms. The summed E-state index contributed by atoms with van der Waals surface area (Å²) in [4.78, 5) is 26.3. The smallest absolute Gasteiger partial charge is 0.243 e. The molecule has 2 amide bonds. The van der Waals surface area contributed by atoms with Crippen molar-refractivity contribution in [3.8, 4) is 0 Å². The SMILES string of the molecule is CC(C)[C@H](C(=O)N[C@H]1C[C@H]1c1cccc(F)c1)N1CCCC1=O. The van der Waals surface area contributed by atoms with Crippen molar-refractivity contribution in [1.82, 2.24) is 10.2 Å². The number of halogens is 1. The molecular weight excluding hydrogens is 295 g/mol. The van der Waals surface area contributed by atoms with Crippen LogP contribution < -0.4 is 5.32 Å². The lowest BCUT2D eigenvalue weighted by Crippen LogP contribution is -2.51. The van der Waals surface area contributed by atoms with Gasteiger partial charge in [-0.3, -0.25) is 9.59 Å². The minimum atomic E-state index is -0.404. The molecule has 3 atom stereocenters. The van der Waals surface area contributed by atoms with Crippen LogP contribution in [0.15, 0.2) is 24.3 Å². The van der Waals surface area contributed by atoms with E-state index in [4.69, 9.17) is 0 Å². The summed E-state index contributed by atoms with van der Waals surface area (Å²) < 4.78 is 13.3. The standard InChI is InChI=1S/C18H23FN2O2/c1-11(2)17(21-8-4-7-16(21)22)18(23)20-15-10-14(15)12-5-3-6-13(19)9-12/h3,5-6,9,11,14-15,17H,4,7-8,10H2,1-2H3,(H,20,23)/t14-,15-,17+/m0/s1. The Balaban J connectivity index is 1.63. The first-order valence-electron chi connectivity index (χ1n) is 8.32. The van der Waals surface area contributed by atoms with Crippen molar-refractivity contribution in [2.24, 2.45) is 5.92 Å². The van der Waals surface area contributed by atoms with Gasteiger partial charge in [-0.05, 0) is 36.5 Å². The van der Waals surface area contributed by atoms with Crippen LogP contribution in [-0.2, 0) is 9.59 Å². The molecular formula is C18H23FN2O2. The molecule has 23 heavy (non-hydrogen) atoms. The molecule has 0 aromatic heterocycles. The van der Waals surface area contributed by atoms with Gasteiger partial charge in [0.1, 0.15) is 11.9 Å². The number of carbonyl (C=O) groups excluding carboxylic acids is 2. The van der Waals surface area contributed by atoms with E-state index < -0.39 is 6.04 Å². The van der Waals surface area contributed by atoms with Crippen molar-refractivity contribution in [3.05, 3.63) is 35.6 Å². The van der Waals surface area contributed by atoms with Gasteiger partial charge in [0.25, 0.3) is 0 Å². The Hall–Kier alpha value is -1.91. The number of nitrogens with zero attached hydrogens (tertiary/aromatic N) is 1. The summed E-state index contributed by atoms with van der Waals surface area (Å²) >= 11 is 0. The monoisotopic (exact) mass is 318 g/mol. The van der Waals surface area contributed by atoms with Crippen LogP contribution in [0, 0.1) is 11.7 Å². The van der Waals surface area contributed by atoms with Crippen LogP contribution >= 0.6 is 0 Å². The van der Waals surface area contributed by atoms with Gasteiger partial charge >= 0.3 is 0 Å². The molecule has 1 saturated carbocycles. The Labute approximate surface area is 136 Å². The number of rotatable bonds is 5. The maximum Gasteiger partial charge on any atom is 0.243 e. The molecule has 1 aromatic carbocycles. The normalized spacial score (nSPS) is 24.9. The van der Waals surface area contributed by atoms with Crippen LogP contribution in [0.3, 0.4) is 0 Å². The van der Waals surface area contributed by atoms with Gasteiger partial charge in [0.05, 0.1) is 0 Å². The highest BCUT2D eigenvalue weighted by Crippen LogP contribution is 2.41. The number of hydrogen-bond donors (Lipinski definition) is 1. The van der Waals surface area contributed by atoms with Crippen molar-refractivity contribution in [3.63, 3.8) is 0 Å². The summed E-state index contributed by atoms with van der Waals surface area (Å²) in [6.45, 7) is 4.59.